The van der Waals surface area contributed by atoms with Gasteiger partial charge in [0, 0.05) is 37.6 Å². The number of piperazine rings is 1. The van der Waals surface area contributed by atoms with Crippen molar-refractivity contribution in [2.45, 2.75) is 6.18 Å². The van der Waals surface area contributed by atoms with Crippen molar-refractivity contribution in [1.29, 1.82) is 0 Å². The number of likely N-dealkylation sites (N-methyl/N-ethyl adjacent to an activating group) is 1. The summed E-state index contributed by atoms with van der Waals surface area (Å²) in [5, 5.41) is 4.20. The number of nitrogens with zero attached hydrogens (tertiary/aromatic N) is 6. The summed E-state index contributed by atoms with van der Waals surface area (Å²) in [6.45, 7) is 3.01. The first kappa shape index (κ1) is 16.0. The highest BCUT2D eigenvalue weighted by Crippen LogP contribution is 2.35. The third kappa shape index (κ3) is 2.66. The van der Waals surface area contributed by atoms with Gasteiger partial charge in [0.2, 0.25) is 5.95 Å². The van der Waals surface area contributed by atoms with Gasteiger partial charge in [-0.05, 0) is 13.1 Å². The minimum Gasteiger partial charge on any atom is -0.338 e. The van der Waals surface area contributed by atoms with Gasteiger partial charge in [0.25, 0.3) is 0 Å². The molecule has 4 rings (SSSR count). The Hall–Kier alpha value is -2.49. The molecule has 0 amide bonds. The summed E-state index contributed by atoms with van der Waals surface area (Å²) in [5.41, 5.74) is -0.983. The van der Waals surface area contributed by atoms with E-state index in [2.05, 4.69) is 20.0 Å². The molecule has 3 heterocycles. The zero-order valence-corrected chi connectivity index (χ0v) is 13.3. The summed E-state index contributed by atoms with van der Waals surface area (Å²) in [6, 6.07) is 1.56. The number of halogens is 4. The van der Waals surface area contributed by atoms with E-state index in [0.717, 1.165) is 25.2 Å². The van der Waals surface area contributed by atoms with Crippen LogP contribution in [-0.4, -0.2) is 57.7 Å². The molecule has 1 aliphatic heterocycles. The second-order valence-corrected chi connectivity index (χ2v) is 6.04. The number of fused-ring (bicyclic) bond motifs is 3. The van der Waals surface area contributed by atoms with Crippen LogP contribution >= 0.6 is 0 Å². The van der Waals surface area contributed by atoms with E-state index in [-0.39, 0.29) is 16.6 Å². The summed E-state index contributed by atoms with van der Waals surface area (Å²) in [7, 11) is 2.00. The second-order valence-electron chi connectivity index (χ2n) is 6.04. The molecule has 10 heteroatoms. The number of anilines is 1. The van der Waals surface area contributed by atoms with Crippen molar-refractivity contribution in [3.05, 3.63) is 29.8 Å². The molecule has 1 aliphatic rings. The van der Waals surface area contributed by atoms with Crippen LogP contribution in [0.4, 0.5) is 23.5 Å². The standard InChI is InChI=1S/C15H14F4N6/c1-23-2-4-24(5-3-23)14-22-12-7-11(16)10(15(17,18)19)6-9(12)13-20-8-21-25(13)14/h6-8H,2-5H2,1H3. The van der Waals surface area contributed by atoms with Crippen molar-refractivity contribution >= 4 is 22.5 Å². The quantitative estimate of drug-likeness (QED) is 0.627. The zero-order chi connectivity index (χ0) is 17.8. The van der Waals surface area contributed by atoms with Crippen LogP contribution in [0.25, 0.3) is 16.6 Å². The van der Waals surface area contributed by atoms with Crippen molar-refractivity contribution in [2.24, 2.45) is 0 Å². The fourth-order valence-corrected chi connectivity index (χ4v) is 2.99. The lowest BCUT2D eigenvalue weighted by Crippen LogP contribution is -2.45. The van der Waals surface area contributed by atoms with Gasteiger partial charge in [0.05, 0.1) is 11.1 Å². The van der Waals surface area contributed by atoms with Crippen molar-refractivity contribution in [3.63, 3.8) is 0 Å². The molecule has 0 unspecified atom stereocenters. The first-order chi connectivity index (χ1) is 11.8. The maximum atomic E-state index is 13.9. The number of hydrogen-bond acceptors (Lipinski definition) is 5. The van der Waals surface area contributed by atoms with E-state index >= 15 is 0 Å². The fraction of sp³-hybridized carbons (Fsp3) is 0.400. The Morgan fingerprint density at radius 1 is 1.08 bits per heavy atom. The highest BCUT2D eigenvalue weighted by molar-refractivity contribution is 5.93. The summed E-state index contributed by atoms with van der Waals surface area (Å²) < 4.78 is 54.3. The van der Waals surface area contributed by atoms with Crippen molar-refractivity contribution in [2.75, 3.05) is 38.1 Å². The number of hydrogen-bond donors (Lipinski definition) is 0. The molecule has 0 saturated carbocycles. The van der Waals surface area contributed by atoms with Crippen LogP contribution in [0.1, 0.15) is 5.56 Å². The summed E-state index contributed by atoms with van der Waals surface area (Å²) >= 11 is 0. The molecule has 0 spiro atoms. The van der Waals surface area contributed by atoms with Crippen LogP contribution in [0, 0.1) is 5.82 Å². The van der Waals surface area contributed by atoms with E-state index in [1.54, 1.807) is 0 Å². The first-order valence-corrected chi connectivity index (χ1v) is 7.68. The third-order valence-electron chi connectivity index (χ3n) is 4.38. The van der Waals surface area contributed by atoms with Gasteiger partial charge in [-0.1, -0.05) is 0 Å². The van der Waals surface area contributed by atoms with Crippen LogP contribution in [0.15, 0.2) is 18.5 Å². The topological polar surface area (TPSA) is 49.6 Å². The molecule has 0 N–H and O–H groups in total. The molecule has 0 aliphatic carbocycles. The van der Waals surface area contributed by atoms with Gasteiger partial charge in [-0.2, -0.15) is 22.8 Å². The Morgan fingerprint density at radius 2 is 1.80 bits per heavy atom. The van der Waals surface area contributed by atoms with Gasteiger partial charge >= 0.3 is 6.18 Å². The van der Waals surface area contributed by atoms with Gasteiger partial charge in [0.15, 0.2) is 5.65 Å². The van der Waals surface area contributed by atoms with Crippen molar-refractivity contribution in [1.82, 2.24) is 24.5 Å². The lowest BCUT2D eigenvalue weighted by atomic mass is 10.1. The molecule has 1 aromatic carbocycles. The van der Waals surface area contributed by atoms with Gasteiger partial charge in [-0.25, -0.2) is 14.4 Å². The van der Waals surface area contributed by atoms with Gasteiger partial charge < -0.3 is 9.80 Å². The normalized spacial score (nSPS) is 16.9. The SMILES string of the molecule is CN1CCN(c2nc3cc(F)c(C(F)(F)F)cc3c3ncnn23)CC1. The molecule has 3 aromatic rings. The van der Waals surface area contributed by atoms with E-state index in [0.29, 0.717) is 19.0 Å². The molecule has 2 aromatic heterocycles. The largest absolute Gasteiger partial charge is 0.419 e. The molecule has 0 bridgehead atoms. The lowest BCUT2D eigenvalue weighted by molar-refractivity contribution is -0.139. The minimum atomic E-state index is -4.79. The smallest absolute Gasteiger partial charge is 0.338 e. The average Bonchev–Trinajstić information content (AvgIpc) is 3.03. The van der Waals surface area contributed by atoms with Crippen molar-refractivity contribution < 1.29 is 17.6 Å². The minimum absolute atomic E-state index is 0.115. The monoisotopic (exact) mass is 354 g/mol. The first-order valence-electron chi connectivity index (χ1n) is 7.68. The molecule has 132 valence electrons. The number of alkyl halides is 3. The predicted octanol–water partition coefficient (Wildman–Crippen LogP) is 2.19. The molecule has 25 heavy (non-hydrogen) atoms. The van der Waals surface area contributed by atoms with Gasteiger partial charge in [-0.3, -0.25) is 0 Å². The highest BCUT2D eigenvalue weighted by Gasteiger charge is 2.35. The van der Waals surface area contributed by atoms with E-state index in [9.17, 15) is 17.6 Å². The van der Waals surface area contributed by atoms with Gasteiger partial charge in [-0.15, -0.1) is 0 Å². The van der Waals surface area contributed by atoms with Gasteiger partial charge in [0.1, 0.15) is 12.1 Å². The highest BCUT2D eigenvalue weighted by atomic mass is 19.4. The van der Waals surface area contributed by atoms with Crippen LogP contribution in [0.5, 0.6) is 0 Å². The fourth-order valence-electron chi connectivity index (χ4n) is 2.99. The van der Waals surface area contributed by atoms with E-state index in [4.69, 9.17) is 0 Å². The number of aromatic nitrogens is 4. The third-order valence-corrected chi connectivity index (χ3v) is 4.38. The summed E-state index contributed by atoms with van der Waals surface area (Å²) in [5.74, 6) is -0.895. The molecule has 0 atom stereocenters. The Labute approximate surface area is 139 Å². The average molecular weight is 354 g/mol. The molecule has 1 saturated heterocycles. The van der Waals surface area contributed by atoms with Crippen molar-refractivity contribution in [3.8, 4) is 0 Å². The maximum Gasteiger partial charge on any atom is 0.419 e. The Morgan fingerprint density at radius 3 is 2.48 bits per heavy atom. The van der Waals surface area contributed by atoms with Crippen LogP contribution in [-0.2, 0) is 6.18 Å². The summed E-state index contributed by atoms with van der Waals surface area (Å²) in [4.78, 5) is 12.6. The van der Waals surface area contributed by atoms with E-state index in [1.165, 1.54) is 10.8 Å². The van der Waals surface area contributed by atoms with E-state index < -0.39 is 17.6 Å². The van der Waals surface area contributed by atoms with Crippen LogP contribution < -0.4 is 4.90 Å². The molecular formula is C15H14F4N6. The van der Waals surface area contributed by atoms with E-state index in [1.807, 2.05) is 11.9 Å². The number of rotatable bonds is 1. The number of benzene rings is 1. The molecule has 0 radical (unpaired) electrons. The Bertz CT molecular complexity index is 942. The Kier molecular flexibility index (Phi) is 3.53. The van der Waals surface area contributed by atoms with Crippen LogP contribution in [0.2, 0.25) is 0 Å². The summed E-state index contributed by atoms with van der Waals surface area (Å²) in [6.07, 6.45) is -3.53. The van der Waals surface area contributed by atoms with Crippen LogP contribution in [0.3, 0.4) is 0 Å². The molecule has 1 fully saturated rings. The maximum absolute atomic E-state index is 13.9. The Balaban J connectivity index is 1.93. The second kappa shape index (κ2) is 5.51. The zero-order valence-electron chi connectivity index (χ0n) is 13.3. The lowest BCUT2D eigenvalue weighted by Gasteiger charge is -2.33. The molecule has 6 nitrogen and oxygen atoms in total. The predicted molar refractivity (Wildman–Crippen MR) is 83.0 cm³/mol. The molecular weight excluding hydrogens is 340 g/mol.